The van der Waals surface area contributed by atoms with Gasteiger partial charge in [-0.2, -0.15) is 0 Å². The van der Waals surface area contributed by atoms with Crippen LogP contribution in [0.2, 0.25) is 0 Å². The monoisotopic (exact) mass is 672 g/mol. The molecule has 0 saturated carbocycles. The molecule has 1 amide bonds. The van der Waals surface area contributed by atoms with E-state index in [1.807, 2.05) is 0 Å². The SMILES string of the molecule is CNC(=O)c1c(-c2ccc(F)cc2)oc2cc(N(C)S(C)(=O)=O)c(-c3ccc4nc(C)n(Cc5ccc(F)cc5OC)c(=O)c4c3)cc12. The Morgan fingerprint density at radius 3 is 2.33 bits per heavy atom. The fourth-order valence-corrected chi connectivity index (χ4v) is 6.17. The van der Waals surface area contributed by atoms with Crippen molar-refractivity contribution >= 4 is 43.5 Å². The van der Waals surface area contributed by atoms with Gasteiger partial charge in [0, 0.05) is 48.3 Å². The van der Waals surface area contributed by atoms with Gasteiger partial charge in [0.25, 0.3) is 11.5 Å². The Morgan fingerprint density at radius 2 is 1.67 bits per heavy atom. The first-order valence-corrected chi connectivity index (χ1v) is 16.5. The van der Waals surface area contributed by atoms with E-state index < -0.39 is 27.6 Å². The van der Waals surface area contributed by atoms with Gasteiger partial charge >= 0.3 is 0 Å². The first-order valence-electron chi connectivity index (χ1n) is 14.7. The molecule has 0 radical (unpaired) electrons. The smallest absolute Gasteiger partial charge is 0.261 e. The molecule has 6 rings (SSSR count). The number of nitrogens with one attached hydrogen (secondary N) is 1. The Morgan fingerprint density at radius 1 is 0.979 bits per heavy atom. The summed E-state index contributed by atoms with van der Waals surface area (Å²) in [5, 5.41) is 3.24. The fraction of sp³-hybridized carbons (Fsp3) is 0.171. The van der Waals surface area contributed by atoms with Crippen LogP contribution in [0.25, 0.3) is 44.3 Å². The standard InChI is InChI=1S/C35H30F2N4O6S/c1-19-39-28-13-9-21(14-26(28)35(43)41(19)18-22-8-12-24(37)15-30(22)46-4)25-16-27-31(17-29(25)40(3)48(5,44)45)47-33(32(27)34(42)38-2)20-6-10-23(36)11-7-20/h6-17H,18H2,1-5H3,(H,38,42). The maximum absolute atomic E-state index is 14.0. The van der Waals surface area contributed by atoms with Gasteiger partial charge in [0.1, 0.15) is 34.6 Å². The number of hydrogen-bond acceptors (Lipinski definition) is 7. The van der Waals surface area contributed by atoms with Gasteiger partial charge in [0.15, 0.2) is 0 Å². The van der Waals surface area contributed by atoms with E-state index in [2.05, 4.69) is 10.3 Å². The lowest BCUT2D eigenvalue weighted by molar-refractivity contribution is 0.0964. The Bertz CT molecular complexity index is 2420. The lowest BCUT2D eigenvalue weighted by atomic mass is 9.97. The van der Waals surface area contributed by atoms with Gasteiger partial charge in [-0.05, 0) is 61.0 Å². The molecule has 0 unspecified atom stereocenters. The number of rotatable bonds is 8. The van der Waals surface area contributed by atoms with E-state index in [4.69, 9.17) is 9.15 Å². The number of methoxy groups -OCH3 is 1. The molecular weight excluding hydrogens is 642 g/mol. The molecule has 0 atom stereocenters. The van der Waals surface area contributed by atoms with E-state index >= 15 is 0 Å². The van der Waals surface area contributed by atoms with E-state index in [1.165, 1.54) is 68.2 Å². The van der Waals surface area contributed by atoms with Crippen LogP contribution in [0, 0.1) is 18.6 Å². The third kappa shape index (κ3) is 5.77. The molecule has 0 aliphatic carbocycles. The van der Waals surface area contributed by atoms with Crippen molar-refractivity contribution in [3.05, 3.63) is 112 Å². The second-order valence-electron chi connectivity index (χ2n) is 11.2. The van der Waals surface area contributed by atoms with E-state index in [9.17, 15) is 26.8 Å². The Kier molecular flexibility index (Phi) is 8.25. The predicted octanol–water partition coefficient (Wildman–Crippen LogP) is 5.88. The number of carbonyl (C=O) groups excluding carboxylic acids is 1. The lowest BCUT2D eigenvalue weighted by Crippen LogP contribution is -2.25. The summed E-state index contributed by atoms with van der Waals surface area (Å²) in [6, 6.07) is 17.7. The summed E-state index contributed by atoms with van der Waals surface area (Å²) in [4.78, 5) is 31.8. The van der Waals surface area contributed by atoms with Crippen molar-refractivity contribution in [1.29, 1.82) is 0 Å². The highest BCUT2D eigenvalue weighted by atomic mass is 32.2. The van der Waals surface area contributed by atoms with Gasteiger partial charge in [-0.25, -0.2) is 22.2 Å². The predicted molar refractivity (Wildman–Crippen MR) is 180 cm³/mol. The van der Waals surface area contributed by atoms with E-state index in [0.29, 0.717) is 39.0 Å². The van der Waals surface area contributed by atoms with Crippen LogP contribution in [0.15, 0.2) is 82.0 Å². The third-order valence-corrected chi connectivity index (χ3v) is 9.43. The highest BCUT2D eigenvalue weighted by molar-refractivity contribution is 7.92. The fourth-order valence-electron chi connectivity index (χ4n) is 5.66. The van der Waals surface area contributed by atoms with Crippen molar-refractivity contribution in [2.75, 3.05) is 31.8 Å². The molecule has 246 valence electrons. The third-order valence-electron chi connectivity index (χ3n) is 8.24. The number of furan rings is 1. The van der Waals surface area contributed by atoms with Crippen LogP contribution in [0.3, 0.4) is 0 Å². The number of hydrogen-bond donors (Lipinski definition) is 1. The van der Waals surface area contributed by atoms with Crippen molar-refractivity contribution < 1.29 is 31.1 Å². The van der Waals surface area contributed by atoms with E-state index in [1.54, 1.807) is 37.3 Å². The van der Waals surface area contributed by atoms with Gasteiger partial charge in [-0.15, -0.1) is 0 Å². The lowest BCUT2D eigenvalue weighted by Gasteiger charge is -2.21. The summed E-state index contributed by atoms with van der Waals surface area (Å²) < 4.78 is 67.3. The van der Waals surface area contributed by atoms with Gasteiger partial charge in [-0.3, -0.25) is 18.5 Å². The number of fused-ring (bicyclic) bond motifs is 2. The van der Waals surface area contributed by atoms with Gasteiger partial charge < -0.3 is 14.5 Å². The molecule has 0 saturated heterocycles. The second-order valence-corrected chi connectivity index (χ2v) is 13.2. The van der Waals surface area contributed by atoms with Crippen LogP contribution in [-0.2, 0) is 16.6 Å². The van der Waals surface area contributed by atoms with Crippen LogP contribution in [-0.4, -0.2) is 51.3 Å². The molecule has 0 aliphatic rings. The molecule has 0 spiro atoms. The summed E-state index contributed by atoms with van der Waals surface area (Å²) in [5.41, 5.74) is 2.52. The number of anilines is 1. The highest BCUT2D eigenvalue weighted by Gasteiger charge is 2.26. The van der Waals surface area contributed by atoms with Crippen LogP contribution in [0.1, 0.15) is 21.7 Å². The second kappa shape index (κ2) is 12.2. The molecule has 4 aromatic carbocycles. The molecule has 0 fully saturated rings. The number of benzene rings is 4. The largest absolute Gasteiger partial charge is 0.496 e. The van der Waals surface area contributed by atoms with Crippen molar-refractivity contribution in [2.45, 2.75) is 13.5 Å². The average Bonchev–Trinajstić information content (AvgIpc) is 3.44. The minimum absolute atomic E-state index is 0.0615. The number of halogens is 2. The maximum atomic E-state index is 14.0. The average molecular weight is 673 g/mol. The molecule has 2 heterocycles. The van der Waals surface area contributed by atoms with Crippen molar-refractivity contribution in [2.24, 2.45) is 0 Å². The summed E-state index contributed by atoms with van der Waals surface area (Å²) in [6.45, 7) is 1.75. The Balaban J connectivity index is 1.60. The highest BCUT2D eigenvalue weighted by Crippen LogP contribution is 2.41. The molecule has 1 N–H and O–H groups in total. The number of aryl methyl sites for hydroxylation is 1. The van der Waals surface area contributed by atoms with Gasteiger partial charge in [0.05, 0.1) is 42.1 Å². The number of aromatic nitrogens is 2. The first kappa shape index (κ1) is 32.4. The number of amides is 1. The topological polar surface area (TPSA) is 124 Å². The zero-order chi connectivity index (χ0) is 34.5. The van der Waals surface area contributed by atoms with Gasteiger partial charge in [-0.1, -0.05) is 12.1 Å². The quantitative estimate of drug-likeness (QED) is 0.214. The zero-order valence-corrected chi connectivity index (χ0v) is 27.4. The molecule has 0 bridgehead atoms. The minimum Gasteiger partial charge on any atom is -0.496 e. The summed E-state index contributed by atoms with van der Waals surface area (Å²) in [6.07, 6.45) is 1.05. The van der Waals surface area contributed by atoms with Crippen LogP contribution in [0.4, 0.5) is 14.5 Å². The Hall–Kier alpha value is -5.56. The first-order chi connectivity index (χ1) is 22.8. The summed E-state index contributed by atoms with van der Waals surface area (Å²) >= 11 is 0. The number of ether oxygens (including phenoxy) is 1. The van der Waals surface area contributed by atoms with Crippen LogP contribution < -0.4 is 19.9 Å². The van der Waals surface area contributed by atoms with Gasteiger partial charge in [0.2, 0.25) is 10.0 Å². The van der Waals surface area contributed by atoms with Crippen LogP contribution in [0.5, 0.6) is 5.75 Å². The number of nitrogens with zero attached hydrogens (tertiary/aromatic N) is 3. The van der Waals surface area contributed by atoms with Crippen molar-refractivity contribution in [3.63, 3.8) is 0 Å². The summed E-state index contributed by atoms with van der Waals surface area (Å²) in [7, 11) is 0.479. The zero-order valence-electron chi connectivity index (χ0n) is 26.6. The van der Waals surface area contributed by atoms with Crippen LogP contribution >= 0.6 is 0 Å². The van der Waals surface area contributed by atoms with E-state index in [0.717, 1.165) is 10.6 Å². The molecule has 2 aromatic heterocycles. The van der Waals surface area contributed by atoms with E-state index in [-0.39, 0.29) is 45.8 Å². The Labute approximate surface area is 274 Å². The van der Waals surface area contributed by atoms with Crippen molar-refractivity contribution in [1.82, 2.24) is 14.9 Å². The molecule has 48 heavy (non-hydrogen) atoms. The number of sulfonamides is 1. The minimum atomic E-state index is -3.79. The molecule has 0 aliphatic heterocycles. The van der Waals surface area contributed by atoms with Crippen molar-refractivity contribution in [3.8, 4) is 28.2 Å². The summed E-state index contributed by atoms with van der Waals surface area (Å²) in [5.74, 6) is -0.536. The normalized spacial score (nSPS) is 11.6. The molecular formula is C35H30F2N4O6S. The molecule has 13 heteroatoms. The maximum Gasteiger partial charge on any atom is 0.261 e. The molecule has 6 aromatic rings. The number of carbonyl (C=O) groups is 1. The molecule has 10 nitrogen and oxygen atoms in total.